The summed E-state index contributed by atoms with van der Waals surface area (Å²) in [5.41, 5.74) is -0.684. The SMILES string of the molecule is CCC1(CC)NC(=O)CCN(C2CCC(C)CC2C)C1=O. The van der Waals surface area contributed by atoms with E-state index < -0.39 is 5.54 Å². The molecular weight excluding hydrogens is 264 g/mol. The summed E-state index contributed by atoms with van der Waals surface area (Å²) in [6, 6.07) is 0.305. The van der Waals surface area contributed by atoms with Crippen molar-refractivity contribution in [3.8, 4) is 0 Å². The molecule has 2 aliphatic rings. The first-order valence-electron chi connectivity index (χ1n) is 8.55. The third-order valence-corrected chi connectivity index (χ3v) is 5.62. The molecular formula is C17H30N2O2. The van der Waals surface area contributed by atoms with Crippen molar-refractivity contribution in [1.29, 1.82) is 0 Å². The van der Waals surface area contributed by atoms with E-state index in [1.54, 1.807) is 0 Å². The van der Waals surface area contributed by atoms with Gasteiger partial charge in [0.15, 0.2) is 0 Å². The molecule has 120 valence electrons. The molecule has 0 aromatic heterocycles. The number of amides is 2. The van der Waals surface area contributed by atoms with E-state index in [1.165, 1.54) is 12.8 Å². The number of nitrogens with zero attached hydrogens (tertiary/aromatic N) is 1. The number of nitrogens with one attached hydrogen (secondary N) is 1. The second kappa shape index (κ2) is 6.37. The fraction of sp³-hybridized carbons (Fsp3) is 0.882. The van der Waals surface area contributed by atoms with E-state index in [1.807, 2.05) is 18.7 Å². The first kappa shape index (κ1) is 16.3. The monoisotopic (exact) mass is 294 g/mol. The molecule has 0 radical (unpaired) electrons. The lowest BCUT2D eigenvalue weighted by Crippen LogP contribution is -2.59. The molecule has 1 saturated heterocycles. The van der Waals surface area contributed by atoms with Gasteiger partial charge in [-0.25, -0.2) is 0 Å². The molecule has 1 aliphatic carbocycles. The quantitative estimate of drug-likeness (QED) is 0.870. The molecule has 21 heavy (non-hydrogen) atoms. The molecule has 4 heteroatoms. The van der Waals surface area contributed by atoms with E-state index in [0.717, 1.165) is 12.3 Å². The Balaban J connectivity index is 2.25. The molecule has 1 N–H and O–H groups in total. The molecule has 0 aromatic rings. The zero-order valence-electron chi connectivity index (χ0n) is 13.9. The maximum Gasteiger partial charge on any atom is 0.248 e. The topological polar surface area (TPSA) is 49.4 Å². The zero-order chi connectivity index (χ0) is 15.6. The Morgan fingerprint density at radius 1 is 1.19 bits per heavy atom. The Morgan fingerprint density at radius 3 is 2.43 bits per heavy atom. The summed E-state index contributed by atoms with van der Waals surface area (Å²) in [6.45, 7) is 9.13. The highest BCUT2D eigenvalue weighted by atomic mass is 16.2. The third kappa shape index (κ3) is 3.09. The van der Waals surface area contributed by atoms with Gasteiger partial charge in [-0.3, -0.25) is 9.59 Å². The normalized spacial score (nSPS) is 33.5. The van der Waals surface area contributed by atoms with E-state index >= 15 is 0 Å². The lowest BCUT2D eigenvalue weighted by atomic mass is 9.78. The second-order valence-electron chi connectivity index (χ2n) is 7.05. The molecule has 4 nitrogen and oxygen atoms in total. The van der Waals surface area contributed by atoms with Crippen molar-refractivity contribution in [2.24, 2.45) is 11.8 Å². The largest absolute Gasteiger partial charge is 0.342 e. The highest BCUT2D eigenvalue weighted by Crippen LogP contribution is 2.34. The van der Waals surface area contributed by atoms with Crippen LogP contribution in [0.1, 0.15) is 66.2 Å². The highest BCUT2D eigenvalue weighted by Gasteiger charge is 2.45. The second-order valence-corrected chi connectivity index (χ2v) is 7.05. The van der Waals surface area contributed by atoms with Crippen LogP contribution in [0, 0.1) is 11.8 Å². The van der Waals surface area contributed by atoms with Crippen molar-refractivity contribution >= 4 is 11.8 Å². The summed E-state index contributed by atoms with van der Waals surface area (Å²) in [7, 11) is 0. The Morgan fingerprint density at radius 2 is 1.86 bits per heavy atom. The van der Waals surface area contributed by atoms with Crippen LogP contribution >= 0.6 is 0 Å². The summed E-state index contributed by atoms with van der Waals surface area (Å²) >= 11 is 0. The van der Waals surface area contributed by atoms with Gasteiger partial charge in [-0.2, -0.15) is 0 Å². The fourth-order valence-corrected chi connectivity index (χ4v) is 4.14. The van der Waals surface area contributed by atoms with Crippen molar-refractivity contribution < 1.29 is 9.59 Å². The summed E-state index contributed by atoms with van der Waals surface area (Å²) in [5.74, 6) is 1.44. The summed E-state index contributed by atoms with van der Waals surface area (Å²) in [4.78, 5) is 27.2. The van der Waals surface area contributed by atoms with Crippen LogP contribution in [0.25, 0.3) is 0 Å². The maximum atomic E-state index is 13.1. The molecule has 2 rings (SSSR count). The molecule has 1 saturated carbocycles. The van der Waals surface area contributed by atoms with Crippen LogP contribution in [-0.2, 0) is 9.59 Å². The van der Waals surface area contributed by atoms with Gasteiger partial charge in [0.1, 0.15) is 5.54 Å². The average molecular weight is 294 g/mol. The number of carbonyl (C=O) groups is 2. The van der Waals surface area contributed by atoms with E-state index in [-0.39, 0.29) is 11.8 Å². The molecule has 3 unspecified atom stereocenters. The third-order valence-electron chi connectivity index (χ3n) is 5.62. The van der Waals surface area contributed by atoms with Gasteiger partial charge in [0.05, 0.1) is 0 Å². The lowest BCUT2D eigenvalue weighted by molar-refractivity contribution is -0.143. The van der Waals surface area contributed by atoms with Crippen LogP contribution in [0.3, 0.4) is 0 Å². The number of carbonyl (C=O) groups excluding carboxylic acids is 2. The smallest absolute Gasteiger partial charge is 0.248 e. The fourth-order valence-electron chi connectivity index (χ4n) is 4.14. The van der Waals surface area contributed by atoms with Crippen molar-refractivity contribution in [2.45, 2.75) is 77.8 Å². The van der Waals surface area contributed by atoms with Crippen molar-refractivity contribution in [2.75, 3.05) is 6.54 Å². The maximum absolute atomic E-state index is 13.1. The Labute approximate surface area is 128 Å². The molecule has 0 spiro atoms. The van der Waals surface area contributed by atoms with Gasteiger partial charge >= 0.3 is 0 Å². The predicted octanol–water partition coefficient (Wildman–Crippen LogP) is 2.72. The predicted molar refractivity (Wildman–Crippen MR) is 83.8 cm³/mol. The van der Waals surface area contributed by atoms with Gasteiger partial charge in [-0.15, -0.1) is 0 Å². The number of hydrogen-bond donors (Lipinski definition) is 1. The average Bonchev–Trinajstić information content (AvgIpc) is 2.58. The van der Waals surface area contributed by atoms with Gasteiger partial charge in [-0.1, -0.05) is 27.7 Å². The minimum Gasteiger partial charge on any atom is -0.342 e. The van der Waals surface area contributed by atoms with E-state index in [0.29, 0.717) is 37.8 Å². The van der Waals surface area contributed by atoms with Gasteiger partial charge in [0.2, 0.25) is 11.8 Å². The Kier molecular flexibility index (Phi) is 4.95. The van der Waals surface area contributed by atoms with E-state index in [4.69, 9.17) is 0 Å². The lowest BCUT2D eigenvalue weighted by Gasteiger charge is -2.43. The Bertz CT molecular complexity index is 404. The highest BCUT2D eigenvalue weighted by molar-refractivity contribution is 5.93. The summed E-state index contributed by atoms with van der Waals surface area (Å²) < 4.78 is 0. The molecule has 3 atom stereocenters. The van der Waals surface area contributed by atoms with Crippen molar-refractivity contribution in [1.82, 2.24) is 10.2 Å². The minimum absolute atomic E-state index is 0.0198. The van der Waals surface area contributed by atoms with Crippen LogP contribution in [-0.4, -0.2) is 34.8 Å². The Hall–Kier alpha value is -1.06. The number of hydrogen-bond acceptors (Lipinski definition) is 2. The van der Waals surface area contributed by atoms with Crippen LogP contribution in [0.15, 0.2) is 0 Å². The first-order chi connectivity index (χ1) is 9.93. The molecule has 1 aliphatic heterocycles. The van der Waals surface area contributed by atoms with Crippen LogP contribution in [0.2, 0.25) is 0 Å². The van der Waals surface area contributed by atoms with Gasteiger partial charge in [0, 0.05) is 19.0 Å². The van der Waals surface area contributed by atoms with Crippen LogP contribution in [0.5, 0.6) is 0 Å². The first-order valence-corrected chi connectivity index (χ1v) is 8.55. The molecule has 1 heterocycles. The standard InChI is InChI=1S/C17H30N2O2/c1-5-17(6-2)16(21)19(10-9-15(20)18-17)14-8-7-12(3)11-13(14)4/h12-14H,5-11H2,1-4H3,(H,18,20). The summed E-state index contributed by atoms with van der Waals surface area (Å²) in [6.07, 6.45) is 5.22. The van der Waals surface area contributed by atoms with Crippen molar-refractivity contribution in [3.63, 3.8) is 0 Å². The van der Waals surface area contributed by atoms with Gasteiger partial charge < -0.3 is 10.2 Å². The zero-order valence-corrected chi connectivity index (χ0v) is 13.9. The van der Waals surface area contributed by atoms with Crippen LogP contribution in [0.4, 0.5) is 0 Å². The van der Waals surface area contributed by atoms with Gasteiger partial charge in [-0.05, 0) is 43.9 Å². The van der Waals surface area contributed by atoms with E-state index in [9.17, 15) is 9.59 Å². The van der Waals surface area contributed by atoms with E-state index in [2.05, 4.69) is 19.2 Å². The van der Waals surface area contributed by atoms with Gasteiger partial charge in [0.25, 0.3) is 0 Å². The minimum atomic E-state index is -0.684. The summed E-state index contributed by atoms with van der Waals surface area (Å²) in [5, 5.41) is 3.00. The van der Waals surface area contributed by atoms with Crippen molar-refractivity contribution in [3.05, 3.63) is 0 Å². The molecule has 2 amide bonds. The molecule has 0 bridgehead atoms. The molecule has 0 aromatic carbocycles. The number of rotatable bonds is 3. The molecule has 2 fully saturated rings. The van der Waals surface area contributed by atoms with Crippen LogP contribution < -0.4 is 5.32 Å².